The minimum atomic E-state index is -1.20. The Morgan fingerprint density at radius 1 is 0.982 bits per heavy atom. The molecule has 3 heterocycles. The molecule has 1 fully saturated rings. The molecule has 0 aliphatic carbocycles. The number of carbonyl (C=O) groups excluding carboxylic acids is 3. The molecule has 3 aromatic carbocycles. The fourth-order valence-electron chi connectivity index (χ4n) is 6.98. The first-order valence-corrected chi connectivity index (χ1v) is 19.3. The number of benzene rings is 3. The number of alkyl carbamates (subject to hydrolysis) is 1. The summed E-state index contributed by atoms with van der Waals surface area (Å²) in [6.45, 7) is 5.58. The maximum Gasteiger partial charge on any atom is 0.408 e. The summed E-state index contributed by atoms with van der Waals surface area (Å²) in [7, 11) is 1.58. The highest BCUT2D eigenvalue weighted by Gasteiger charge is 2.44. The Bertz CT molecular complexity index is 2100. The number of nitrogens with one attached hydrogen (secondary N) is 2. The van der Waals surface area contributed by atoms with Crippen molar-refractivity contribution in [3.8, 4) is 28.5 Å². The lowest BCUT2D eigenvalue weighted by Crippen LogP contribution is -2.56. The highest BCUT2D eigenvalue weighted by Crippen LogP contribution is 2.35. The van der Waals surface area contributed by atoms with Crippen LogP contribution in [0.1, 0.15) is 58.4 Å². The van der Waals surface area contributed by atoms with Crippen molar-refractivity contribution in [1.82, 2.24) is 20.5 Å². The van der Waals surface area contributed by atoms with Crippen LogP contribution < -0.4 is 24.8 Å². The summed E-state index contributed by atoms with van der Waals surface area (Å²) >= 11 is 0. The molecule has 0 saturated carbocycles. The van der Waals surface area contributed by atoms with Crippen molar-refractivity contribution < 1.29 is 43.2 Å². The van der Waals surface area contributed by atoms with Gasteiger partial charge in [-0.2, -0.15) is 0 Å². The Morgan fingerprint density at radius 2 is 1.77 bits per heavy atom. The van der Waals surface area contributed by atoms with Gasteiger partial charge in [0.2, 0.25) is 11.8 Å². The molecular weight excluding hydrogens is 729 g/mol. The first-order valence-electron chi connectivity index (χ1n) is 19.3. The van der Waals surface area contributed by atoms with Crippen LogP contribution in [0.15, 0.2) is 91.0 Å². The number of aliphatic carboxylic acids is 1. The van der Waals surface area contributed by atoms with Gasteiger partial charge in [0, 0.05) is 35.9 Å². The molecule has 300 valence electrons. The van der Waals surface area contributed by atoms with E-state index in [0.717, 1.165) is 18.4 Å². The van der Waals surface area contributed by atoms with Crippen molar-refractivity contribution in [2.75, 3.05) is 20.3 Å². The van der Waals surface area contributed by atoms with E-state index >= 15 is 0 Å². The van der Waals surface area contributed by atoms with E-state index in [2.05, 4.69) is 10.6 Å². The topological polar surface area (TPSA) is 166 Å². The van der Waals surface area contributed by atoms with Crippen molar-refractivity contribution in [3.63, 3.8) is 0 Å². The lowest BCUT2D eigenvalue weighted by atomic mass is 10.0. The molecule has 4 atom stereocenters. The van der Waals surface area contributed by atoms with Crippen LogP contribution in [0, 0.1) is 0 Å². The van der Waals surface area contributed by atoms with E-state index in [1.807, 2.05) is 84.9 Å². The third kappa shape index (κ3) is 10.8. The van der Waals surface area contributed by atoms with E-state index in [1.54, 1.807) is 33.9 Å². The van der Waals surface area contributed by atoms with Gasteiger partial charge in [0.05, 0.1) is 31.5 Å². The van der Waals surface area contributed by atoms with Crippen LogP contribution in [0.25, 0.3) is 22.2 Å². The van der Waals surface area contributed by atoms with Crippen molar-refractivity contribution in [3.05, 3.63) is 96.6 Å². The minimum absolute atomic E-state index is 0.0340. The first kappa shape index (κ1) is 40.6. The number of carboxylic acid groups (broad SMARTS) is 1. The largest absolute Gasteiger partial charge is 0.497 e. The molecule has 2 aliphatic rings. The van der Waals surface area contributed by atoms with Crippen LogP contribution in [-0.4, -0.2) is 89.0 Å². The summed E-state index contributed by atoms with van der Waals surface area (Å²) in [5, 5.41) is 16.2. The van der Waals surface area contributed by atoms with Crippen LogP contribution in [-0.2, 0) is 25.5 Å². The van der Waals surface area contributed by atoms with Gasteiger partial charge in [-0.15, -0.1) is 0 Å². The Morgan fingerprint density at radius 3 is 2.53 bits per heavy atom. The van der Waals surface area contributed by atoms with Gasteiger partial charge >= 0.3 is 12.1 Å². The normalized spacial score (nSPS) is 21.4. The van der Waals surface area contributed by atoms with Gasteiger partial charge in [-0.3, -0.25) is 9.59 Å². The number of hydrogen-bond donors (Lipinski definition) is 3. The summed E-state index contributed by atoms with van der Waals surface area (Å²) in [5.74, 6) is -0.662. The van der Waals surface area contributed by atoms with Crippen LogP contribution in [0.4, 0.5) is 4.79 Å². The van der Waals surface area contributed by atoms with E-state index in [1.165, 1.54) is 4.90 Å². The number of fused-ring (bicyclic) bond motifs is 4. The number of ether oxygens (including phenoxy) is 4. The molecule has 3 amide bonds. The fraction of sp³-hybridized carbons (Fsp3) is 0.386. The molecule has 4 aromatic rings. The average molecular weight is 779 g/mol. The highest BCUT2D eigenvalue weighted by atomic mass is 16.6. The Labute approximate surface area is 332 Å². The molecule has 0 spiro atoms. The van der Waals surface area contributed by atoms with E-state index in [4.69, 9.17) is 23.9 Å². The quantitative estimate of drug-likeness (QED) is 0.185. The molecule has 6 rings (SSSR count). The zero-order valence-electron chi connectivity index (χ0n) is 32.7. The third-order valence-corrected chi connectivity index (χ3v) is 9.71. The second-order valence-corrected chi connectivity index (χ2v) is 15.2. The maximum atomic E-state index is 14.8. The standard InChI is InChI=1S/C44H50N4O9/c1-44(2,3)57-43(53)47-37-23-28-14-13-17-31(22-28)55-21-12-7-5-6-11-18-34(42(51)52)46-40(49)38-25-32(27-48(38)41(37)50)56-39-26-35(29-15-9-8-10-16-29)45-36-24-30(54-4)19-20-33(36)39/h5-6,8-10,13-17,19-20,22,24,26,32,34,37-38H,7,11-12,18,21,23,25,27H2,1-4H3,(H,46,49)(H,47,53)(H,51,52)/b6-5+/t32-,34-,37+,38+/m1/s1. The number of methoxy groups -OCH3 is 1. The second kappa shape index (κ2) is 18.2. The average Bonchev–Trinajstić information content (AvgIpc) is 3.60. The van der Waals surface area contributed by atoms with Gasteiger partial charge in [-0.05, 0) is 76.3 Å². The third-order valence-electron chi connectivity index (χ3n) is 9.71. The molecule has 0 radical (unpaired) electrons. The van der Waals surface area contributed by atoms with Crippen LogP contribution in [0.2, 0.25) is 0 Å². The molecule has 3 N–H and O–H groups in total. The molecule has 13 nitrogen and oxygen atoms in total. The van der Waals surface area contributed by atoms with Crippen LogP contribution >= 0.6 is 0 Å². The van der Waals surface area contributed by atoms with Gasteiger partial charge in [0.1, 0.15) is 47.1 Å². The Kier molecular flexibility index (Phi) is 13.0. The second-order valence-electron chi connectivity index (χ2n) is 15.2. The lowest BCUT2D eigenvalue weighted by Gasteiger charge is -2.30. The van der Waals surface area contributed by atoms with Gasteiger partial charge < -0.3 is 39.6 Å². The number of carbonyl (C=O) groups is 4. The van der Waals surface area contributed by atoms with Crippen molar-refractivity contribution in [1.29, 1.82) is 0 Å². The molecule has 2 bridgehead atoms. The zero-order valence-corrected chi connectivity index (χ0v) is 32.7. The number of nitrogens with zero attached hydrogens (tertiary/aromatic N) is 2. The number of hydrogen-bond acceptors (Lipinski definition) is 9. The molecule has 13 heteroatoms. The highest BCUT2D eigenvalue weighted by molar-refractivity contribution is 5.94. The summed E-state index contributed by atoms with van der Waals surface area (Å²) < 4.78 is 23.7. The lowest BCUT2D eigenvalue weighted by molar-refractivity contribution is -0.144. The van der Waals surface area contributed by atoms with Crippen molar-refractivity contribution in [2.24, 2.45) is 0 Å². The number of pyridine rings is 1. The first-order chi connectivity index (χ1) is 27.4. The minimum Gasteiger partial charge on any atom is -0.497 e. The summed E-state index contributed by atoms with van der Waals surface area (Å²) in [6, 6.07) is 20.7. The molecular formula is C44H50N4O9. The van der Waals surface area contributed by atoms with Crippen LogP contribution in [0.5, 0.6) is 17.2 Å². The predicted molar refractivity (Wildman–Crippen MR) is 214 cm³/mol. The van der Waals surface area contributed by atoms with E-state index < -0.39 is 53.7 Å². The number of rotatable bonds is 6. The van der Waals surface area contributed by atoms with Gasteiger partial charge in [-0.1, -0.05) is 54.6 Å². The van der Waals surface area contributed by atoms with Crippen molar-refractivity contribution in [2.45, 2.75) is 89.1 Å². The fourth-order valence-corrected chi connectivity index (χ4v) is 6.98. The Hall–Kier alpha value is -6.11. The summed E-state index contributed by atoms with van der Waals surface area (Å²) in [4.78, 5) is 60.8. The monoisotopic (exact) mass is 778 g/mol. The molecule has 57 heavy (non-hydrogen) atoms. The van der Waals surface area contributed by atoms with E-state index in [9.17, 15) is 24.3 Å². The van der Waals surface area contributed by atoms with Gasteiger partial charge in [-0.25, -0.2) is 14.6 Å². The predicted octanol–water partition coefficient (Wildman–Crippen LogP) is 6.47. The smallest absolute Gasteiger partial charge is 0.408 e. The van der Waals surface area contributed by atoms with Gasteiger partial charge in [0.15, 0.2) is 0 Å². The zero-order chi connectivity index (χ0) is 40.5. The Balaban J connectivity index is 1.38. The summed E-state index contributed by atoms with van der Waals surface area (Å²) in [6.07, 6.45) is 4.51. The van der Waals surface area contributed by atoms with Crippen molar-refractivity contribution >= 4 is 34.8 Å². The number of aromatic nitrogens is 1. The summed E-state index contributed by atoms with van der Waals surface area (Å²) in [5.41, 5.74) is 2.00. The van der Waals surface area contributed by atoms with Gasteiger partial charge in [0.25, 0.3) is 0 Å². The molecule has 1 saturated heterocycles. The molecule has 2 aliphatic heterocycles. The maximum absolute atomic E-state index is 14.8. The SMILES string of the molecule is COc1ccc2c(O[C@@H]3C[C@H]4C(=O)N[C@@H](C(=O)O)CC/C=C/CCCOc5cccc(c5)C[C@H](NC(=O)OC(C)(C)C)C(=O)N4C3)cc(-c3ccccc3)nc2c1. The van der Waals surface area contributed by atoms with Crippen LogP contribution in [0.3, 0.4) is 0 Å². The number of allylic oxidation sites excluding steroid dienone is 2. The van der Waals surface area contributed by atoms with E-state index in [0.29, 0.717) is 52.4 Å². The number of amides is 3. The number of carboxylic acids is 1. The molecule has 1 aromatic heterocycles. The van der Waals surface area contributed by atoms with E-state index in [-0.39, 0.29) is 25.8 Å². The molecule has 0 unspecified atom stereocenters.